The zero-order valence-electron chi connectivity index (χ0n) is 11.6. The van der Waals surface area contributed by atoms with Gasteiger partial charge in [0.25, 0.3) is 0 Å². The number of hydrogen-bond acceptors (Lipinski definition) is 3. The fraction of sp³-hybridized carbons (Fsp3) is 0.600. The van der Waals surface area contributed by atoms with Crippen LogP contribution in [-0.4, -0.2) is 25.2 Å². The molecule has 2 fully saturated rings. The van der Waals surface area contributed by atoms with Gasteiger partial charge in [0.1, 0.15) is 5.75 Å². The Morgan fingerprint density at radius 3 is 2.40 bits per heavy atom. The van der Waals surface area contributed by atoms with Crippen molar-refractivity contribution >= 4 is 37.5 Å². The summed E-state index contributed by atoms with van der Waals surface area (Å²) in [6.45, 7) is 0. The lowest BCUT2D eigenvalue weighted by atomic mass is 9.81. The first-order chi connectivity index (χ1) is 9.60. The number of anilines is 1. The average molecular weight is 404 g/mol. The van der Waals surface area contributed by atoms with Crippen LogP contribution in [0.1, 0.15) is 32.1 Å². The number of methoxy groups -OCH3 is 1. The molecule has 20 heavy (non-hydrogen) atoms. The number of hydrogen-bond donors (Lipinski definition) is 1. The van der Waals surface area contributed by atoms with E-state index in [-0.39, 0.29) is 0 Å². The number of rotatable bonds is 2. The molecule has 0 aromatic heterocycles. The van der Waals surface area contributed by atoms with Crippen molar-refractivity contribution in [3.8, 4) is 5.75 Å². The van der Waals surface area contributed by atoms with Crippen molar-refractivity contribution in [3.63, 3.8) is 0 Å². The van der Waals surface area contributed by atoms with E-state index in [1.807, 2.05) is 0 Å². The molecule has 1 aromatic rings. The van der Waals surface area contributed by atoms with Gasteiger partial charge in [-0.05, 0) is 70.0 Å². The Morgan fingerprint density at radius 1 is 1.15 bits per heavy atom. The van der Waals surface area contributed by atoms with E-state index in [9.17, 15) is 0 Å². The Morgan fingerprint density at radius 2 is 1.80 bits per heavy atom. The SMILES string of the molecule is COc1cc(N2C3CCCC2CC(N)C3)c(Br)cc1Br. The number of nitrogens with zero attached hydrogens (tertiary/aromatic N) is 1. The maximum absolute atomic E-state index is 6.21. The van der Waals surface area contributed by atoms with Crippen molar-refractivity contribution < 1.29 is 4.74 Å². The quantitative estimate of drug-likeness (QED) is 0.808. The van der Waals surface area contributed by atoms with Gasteiger partial charge in [-0.1, -0.05) is 0 Å². The molecule has 3 rings (SSSR count). The first-order valence-corrected chi connectivity index (χ1v) is 8.75. The van der Waals surface area contributed by atoms with Crippen LogP contribution in [0.3, 0.4) is 0 Å². The van der Waals surface area contributed by atoms with Gasteiger partial charge in [0, 0.05) is 28.7 Å². The topological polar surface area (TPSA) is 38.5 Å². The Balaban J connectivity index is 1.99. The molecule has 2 aliphatic heterocycles. The van der Waals surface area contributed by atoms with Crippen molar-refractivity contribution in [2.24, 2.45) is 5.73 Å². The molecule has 0 aliphatic carbocycles. The van der Waals surface area contributed by atoms with E-state index >= 15 is 0 Å². The number of benzene rings is 1. The minimum Gasteiger partial charge on any atom is -0.495 e. The van der Waals surface area contributed by atoms with Gasteiger partial charge in [-0.25, -0.2) is 0 Å². The van der Waals surface area contributed by atoms with Gasteiger partial charge in [-0.2, -0.15) is 0 Å². The standard InChI is InChI=1S/C15H20Br2N2O/c1-20-15-8-14(12(16)7-13(15)17)19-10-3-2-4-11(19)6-9(18)5-10/h7-11H,2-6,18H2,1H3. The monoisotopic (exact) mass is 402 g/mol. The van der Waals surface area contributed by atoms with Crippen LogP contribution in [0.25, 0.3) is 0 Å². The van der Waals surface area contributed by atoms with E-state index in [1.165, 1.54) is 24.9 Å². The van der Waals surface area contributed by atoms with E-state index in [0.29, 0.717) is 18.1 Å². The molecule has 0 radical (unpaired) electrons. The third kappa shape index (κ3) is 2.60. The molecule has 2 bridgehead atoms. The van der Waals surface area contributed by atoms with Crippen molar-refractivity contribution in [1.82, 2.24) is 0 Å². The summed E-state index contributed by atoms with van der Waals surface area (Å²) in [7, 11) is 1.71. The maximum atomic E-state index is 6.21. The highest BCUT2D eigenvalue weighted by atomic mass is 79.9. The van der Waals surface area contributed by atoms with Crippen LogP contribution in [0, 0.1) is 0 Å². The second-order valence-corrected chi connectivity index (χ2v) is 7.52. The van der Waals surface area contributed by atoms with Crippen LogP contribution in [0.15, 0.2) is 21.1 Å². The Labute approximate surface area is 137 Å². The lowest BCUT2D eigenvalue weighted by Crippen LogP contribution is -2.55. The number of piperidine rings is 2. The molecule has 1 aromatic carbocycles. The molecule has 0 saturated carbocycles. The number of fused-ring (bicyclic) bond motifs is 2. The predicted octanol–water partition coefficient (Wildman–Crippen LogP) is 4.07. The first kappa shape index (κ1) is 14.7. The van der Waals surface area contributed by atoms with Gasteiger partial charge < -0.3 is 15.4 Å². The third-order valence-electron chi connectivity index (χ3n) is 4.51. The second-order valence-electron chi connectivity index (χ2n) is 5.82. The molecule has 3 nitrogen and oxygen atoms in total. The zero-order valence-corrected chi connectivity index (χ0v) is 14.8. The van der Waals surface area contributed by atoms with Gasteiger partial charge in [-0.15, -0.1) is 0 Å². The molecule has 5 heteroatoms. The number of ether oxygens (including phenoxy) is 1. The molecule has 0 spiro atoms. The van der Waals surface area contributed by atoms with Crippen molar-refractivity contribution in [2.75, 3.05) is 12.0 Å². The Bertz CT molecular complexity index is 495. The Hall–Kier alpha value is -0.260. The van der Waals surface area contributed by atoms with Crippen LogP contribution in [0.2, 0.25) is 0 Å². The highest BCUT2D eigenvalue weighted by Gasteiger charge is 2.38. The van der Waals surface area contributed by atoms with Gasteiger partial charge >= 0.3 is 0 Å². The lowest BCUT2D eigenvalue weighted by molar-refractivity contribution is 0.270. The van der Waals surface area contributed by atoms with Gasteiger partial charge in [0.15, 0.2) is 0 Å². The summed E-state index contributed by atoms with van der Waals surface area (Å²) < 4.78 is 7.56. The number of halogens is 2. The van der Waals surface area contributed by atoms with Crippen LogP contribution in [0.4, 0.5) is 5.69 Å². The van der Waals surface area contributed by atoms with Crippen molar-refractivity contribution in [1.29, 1.82) is 0 Å². The smallest absolute Gasteiger partial charge is 0.135 e. The summed E-state index contributed by atoms with van der Waals surface area (Å²) >= 11 is 7.25. The van der Waals surface area contributed by atoms with Crippen LogP contribution < -0.4 is 15.4 Å². The van der Waals surface area contributed by atoms with E-state index in [0.717, 1.165) is 27.5 Å². The summed E-state index contributed by atoms with van der Waals surface area (Å²) in [5, 5.41) is 0. The highest BCUT2D eigenvalue weighted by molar-refractivity contribution is 9.11. The lowest BCUT2D eigenvalue weighted by Gasteiger charge is -2.50. The second kappa shape index (κ2) is 5.85. The minimum absolute atomic E-state index is 0.359. The average Bonchev–Trinajstić information content (AvgIpc) is 2.38. The molecule has 2 saturated heterocycles. The van der Waals surface area contributed by atoms with Crippen LogP contribution in [-0.2, 0) is 0 Å². The fourth-order valence-electron chi connectivity index (χ4n) is 3.69. The van der Waals surface area contributed by atoms with E-state index in [4.69, 9.17) is 10.5 Å². The highest BCUT2D eigenvalue weighted by Crippen LogP contribution is 2.43. The molecule has 2 heterocycles. The first-order valence-electron chi connectivity index (χ1n) is 7.17. The molecular formula is C15H20Br2N2O. The summed E-state index contributed by atoms with van der Waals surface area (Å²) in [4.78, 5) is 2.58. The van der Waals surface area contributed by atoms with Gasteiger partial charge in [0.05, 0.1) is 17.3 Å². The summed E-state index contributed by atoms with van der Waals surface area (Å²) in [5.41, 5.74) is 7.46. The van der Waals surface area contributed by atoms with Gasteiger partial charge in [-0.3, -0.25) is 0 Å². The summed E-state index contributed by atoms with van der Waals surface area (Å²) in [6.07, 6.45) is 6.01. The molecule has 2 N–H and O–H groups in total. The Kier molecular flexibility index (Phi) is 4.29. The zero-order chi connectivity index (χ0) is 14.3. The van der Waals surface area contributed by atoms with E-state index in [2.05, 4.69) is 48.9 Å². The molecule has 2 atom stereocenters. The molecule has 2 aliphatic rings. The molecular weight excluding hydrogens is 384 g/mol. The third-order valence-corrected chi connectivity index (χ3v) is 5.77. The van der Waals surface area contributed by atoms with Gasteiger partial charge in [0.2, 0.25) is 0 Å². The minimum atomic E-state index is 0.359. The largest absolute Gasteiger partial charge is 0.495 e. The van der Waals surface area contributed by atoms with Crippen LogP contribution >= 0.6 is 31.9 Å². The predicted molar refractivity (Wildman–Crippen MR) is 89.5 cm³/mol. The number of nitrogens with two attached hydrogens (primary N) is 1. The summed E-state index contributed by atoms with van der Waals surface area (Å²) in [6, 6.07) is 5.71. The van der Waals surface area contributed by atoms with E-state index < -0.39 is 0 Å². The molecule has 2 unspecified atom stereocenters. The maximum Gasteiger partial charge on any atom is 0.135 e. The fourth-order valence-corrected chi connectivity index (χ4v) is 5.05. The van der Waals surface area contributed by atoms with Crippen molar-refractivity contribution in [2.45, 2.75) is 50.2 Å². The van der Waals surface area contributed by atoms with Crippen LogP contribution in [0.5, 0.6) is 5.75 Å². The van der Waals surface area contributed by atoms with Crippen molar-refractivity contribution in [3.05, 3.63) is 21.1 Å². The molecule has 110 valence electrons. The molecule has 0 amide bonds. The summed E-state index contributed by atoms with van der Waals surface area (Å²) in [5.74, 6) is 0.885. The van der Waals surface area contributed by atoms with E-state index in [1.54, 1.807) is 7.11 Å². The normalized spacial score (nSPS) is 29.4.